The van der Waals surface area contributed by atoms with Gasteiger partial charge in [0.2, 0.25) is 0 Å². The molecule has 2 amide bonds. The molecule has 0 radical (unpaired) electrons. The van der Waals surface area contributed by atoms with Crippen LogP contribution in [-0.2, 0) is 4.79 Å². The molecule has 0 aliphatic rings. The number of nitrogens with one attached hydrogen (secondary N) is 2. The van der Waals surface area contributed by atoms with Crippen molar-refractivity contribution in [2.75, 3.05) is 10.7 Å². The fourth-order valence-corrected chi connectivity index (χ4v) is 2.08. The van der Waals surface area contributed by atoms with Crippen LogP contribution in [0.3, 0.4) is 0 Å². The fraction of sp³-hybridized carbons (Fsp3) is 0.118. The Kier molecular flexibility index (Phi) is 5.67. The SMILES string of the molecule is CC(C=O)N(Nc1cccc(F)c1C(=O)Nc1ccccc1)C(=O)O. The highest BCUT2D eigenvalue weighted by atomic mass is 19.1. The lowest BCUT2D eigenvalue weighted by atomic mass is 10.1. The van der Waals surface area contributed by atoms with E-state index in [4.69, 9.17) is 0 Å². The zero-order valence-corrected chi connectivity index (χ0v) is 13.3. The molecule has 0 heterocycles. The van der Waals surface area contributed by atoms with Gasteiger partial charge < -0.3 is 15.2 Å². The van der Waals surface area contributed by atoms with E-state index in [2.05, 4.69) is 10.7 Å². The second-order valence-corrected chi connectivity index (χ2v) is 5.12. The second kappa shape index (κ2) is 7.91. The van der Waals surface area contributed by atoms with Crippen LogP contribution in [0.25, 0.3) is 0 Å². The smallest absolute Gasteiger partial charge is 0.426 e. The van der Waals surface area contributed by atoms with Gasteiger partial charge in [-0.05, 0) is 31.2 Å². The number of amides is 2. The van der Waals surface area contributed by atoms with E-state index in [9.17, 15) is 23.9 Å². The molecule has 0 fully saturated rings. The van der Waals surface area contributed by atoms with Gasteiger partial charge in [0, 0.05) is 5.69 Å². The Labute approximate surface area is 143 Å². The standard InChI is InChI=1S/C17H16FN3O4/c1-11(10-22)21(17(24)25)20-14-9-5-8-13(18)15(14)16(23)19-12-6-3-2-4-7-12/h2-11,20H,1H3,(H,19,23)(H,24,25). The van der Waals surface area contributed by atoms with E-state index < -0.39 is 23.9 Å². The molecule has 3 N–H and O–H groups in total. The van der Waals surface area contributed by atoms with Gasteiger partial charge in [-0.2, -0.15) is 0 Å². The van der Waals surface area contributed by atoms with Gasteiger partial charge in [0.15, 0.2) is 0 Å². The van der Waals surface area contributed by atoms with Crippen molar-refractivity contribution in [3.8, 4) is 0 Å². The van der Waals surface area contributed by atoms with Crippen molar-refractivity contribution in [1.82, 2.24) is 5.01 Å². The summed E-state index contributed by atoms with van der Waals surface area (Å²) in [5.74, 6) is -1.58. The van der Waals surface area contributed by atoms with Crippen molar-refractivity contribution in [3.63, 3.8) is 0 Å². The van der Waals surface area contributed by atoms with E-state index in [1.165, 1.54) is 19.1 Å². The third-order valence-corrected chi connectivity index (χ3v) is 3.32. The molecule has 7 nitrogen and oxygen atoms in total. The fourth-order valence-electron chi connectivity index (χ4n) is 2.08. The molecule has 2 aromatic carbocycles. The number of hydrazine groups is 1. The van der Waals surface area contributed by atoms with E-state index in [0.717, 1.165) is 6.07 Å². The normalized spacial score (nSPS) is 11.3. The van der Waals surface area contributed by atoms with Gasteiger partial charge in [-0.3, -0.25) is 10.2 Å². The molecule has 25 heavy (non-hydrogen) atoms. The van der Waals surface area contributed by atoms with Crippen LogP contribution in [0.4, 0.5) is 20.6 Å². The number of benzene rings is 2. The minimum absolute atomic E-state index is 0.0791. The summed E-state index contributed by atoms with van der Waals surface area (Å²) in [5, 5.41) is 12.3. The maximum absolute atomic E-state index is 14.2. The first-order valence-electron chi connectivity index (χ1n) is 7.33. The zero-order valence-electron chi connectivity index (χ0n) is 13.3. The average molecular weight is 345 g/mol. The number of anilines is 2. The Balaban J connectivity index is 2.34. The first-order valence-corrected chi connectivity index (χ1v) is 7.33. The number of carbonyl (C=O) groups excluding carboxylic acids is 2. The molecule has 0 aliphatic carbocycles. The van der Waals surface area contributed by atoms with E-state index in [-0.39, 0.29) is 11.3 Å². The molecule has 2 rings (SSSR count). The van der Waals surface area contributed by atoms with Gasteiger partial charge in [0.1, 0.15) is 23.7 Å². The van der Waals surface area contributed by atoms with Crippen LogP contribution >= 0.6 is 0 Å². The molecule has 1 atom stereocenters. The maximum atomic E-state index is 14.2. The molecule has 0 aliphatic heterocycles. The number of nitrogens with zero attached hydrogens (tertiary/aromatic N) is 1. The monoisotopic (exact) mass is 345 g/mol. The Morgan fingerprint density at radius 2 is 1.84 bits per heavy atom. The van der Waals surface area contributed by atoms with Crippen LogP contribution < -0.4 is 10.7 Å². The van der Waals surface area contributed by atoms with Crippen LogP contribution in [0.5, 0.6) is 0 Å². The molecule has 0 aromatic heterocycles. The topological polar surface area (TPSA) is 98.7 Å². The Hall–Kier alpha value is -3.42. The third kappa shape index (κ3) is 4.31. The van der Waals surface area contributed by atoms with Crippen molar-refractivity contribution in [3.05, 3.63) is 59.9 Å². The average Bonchev–Trinajstić information content (AvgIpc) is 2.59. The second-order valence-electron chi connectivity index (χ2n) is 5.12. The summed E-state index contributed by atoms with van der Waals surface area (Å²) in [5.41, 5.74) is 2.42. The Morgan fingerprint density at radius 3 is 2.44 bits per heavy atom. The Bertz CT molecular complexity index is 783. The molecule has 0 bridgehead atoms. The number of aldehydes is 1. The predicted molar refractivity (Wildman–Crippen MR) is 89.8 cm³/mol. The van der Waals surface area contributed by atoms with Crippen LogP contribution in [0.1, 0.15) is 17.3 Å². The molecule has 1 unspecified atom stereocenters. The number of carboxylic acid groups (broad SMARTS) is 1. The summed E-state index contributed by atoms with van der Waals surface area (Å²) in [7, 11) is 0. The highest BCUT2D eigenvalue weighted by Crippen LogP contribution is 2.22. The Morgan fingerprint density at radius 1 is 1.16 bits per heavy atom. The lowest BCUT2D eigenvalue weighted by Gasteiger charge is -2.25. The molecule has 8 heteroatoms. The van der Waals surface area contributed by atoms with Crippen LogP contribution in [0, 0.1) is 5.82 Å². The highest BCUT2D eigenvalue weighted by molar-refractivity contribution is 6.08. The van der Waals surface area contributed by atoms with Gasteiger partial charge in [0.25, 0.3) is 5.91 Å². The number of halogens is 1. The molecular formula is C17H16FN3O4. The van der Waals surface area contributed by atoms with Gasteiger partial charge in [-0.15, -0.1) is 0 Å². The molecule has 130 valence electrons. The number of hydrogen-bond acceptors (Lipinski definition) is 4. The number of hydrogen-bond donors (Lipinski definition) is 3. The molecule has 0 saturated heterocycles. The van der Waals surface area contributed by atoms with Crippen LogP contribution in [0.2, 0.25) is 0 Å². The van der Waals surface area contributed by atoms with Gasteiger partial charge >= 0.3 is 6.09 Å². The number of rotatable bonds is 6. The van der Waals surface area contributed by atoms with E-state index in [1.54, 1.807) is 30.3 Å². The molecule has 2 aromatic rings. The quantitative estimate of drug-likeness (QED) is 0.552. The zero-order chi connectivity index (χ0) is 18.4. The minimum Gasteiger partial charge on any atom is -0.464 e. The van der Waals surface area contributed by atoms with Crippen molar-refractivity contribution >= 4 is 29.7 Å². The predicted octanol–water partition coefficient (Wildman–Crippen LogP) is 2.97. The highest BCUT2D eigenvalue weighted by Gasteiger charge is 2.23. The number of carbonyl (C=O) groups is 3. The lowest BCUT2D eigenvalue weighted by Crippen LogP contribution is -2.43. The summed E-state index contributed by atoms with van der Waals surface area (Å²) < 4.78 is 14.2. The lowest BCUT2D eigenvalue weighted by molar-refractivity contribution is -0.111. The first kappa shape index (κ1) is 17.9. The van der Waals surface area contributed by atoms with Crippen molar-refractivity contribution < 1.29 is 23.9 Å². The van der Waals surface area contributed by atoms with E-state index in [0.29, 0.717) is 17.0 Å². The van der Waals surface area contributed by atoms with E-state index in [1.807, 2.05) is 0 Å². The molecule has 0 spiro atoms. The van der Waals surface area contributed by atoms with Crippen LogP contribution in [-0.4, -0.2) is 34.4 Å². The molecule has 0 saturated carbocycles. The number of para-hydroxylation sites is 1. The maximum Gasteiger partial charge on any atom is 0.426 e. The largest absolute Gasteiger partial charge is 0.464 e. The summed E-state index contributed by atoms with van der Waals surface area (Å²) in [6.07, 6.45) is -1.04. The third-order valence-electron chi connectivity index (χ3n) is 3.32. The molecular weight excluding hydrogens is 329 g/mol. The summed E-state index contributed by atoms with van der Waals surface area (Å²) in [4.78, 5) is 34.6. The first-order chi connectivity index (χ1) is 11.9. The minimum atomic E-state index is -1.45. The van der Waals surface area contributed by atoms with Gasteiger partial charge in [-0.25, -0.2) is 14.2 Å². The summed E-state index contributed by atoms with van der Waals surface area (Å²) in [6, 6.07) is 11.1. The van der Waals surface area contributed by atoms with Crippen LogP contribution in [0.15, 0.2) is 48.5 Å². The van der Waals surface area contributed by atoms with E-state index >= 15 is 0 Å². The summed E-state index contributed by atoms with van der Waals surface area (Å²) in [6.45, 7) is 1.34. The van der Waals surface area contributed by atoms with Crippen molar-refractivity contribution in [2.24, 2.45) is 0 Å². The van der Waals surface area contributed by atoms with Crippen molar-refractivity contribution in [2.45, 2.75) is 13.0 Å². The van der Waals surface area contributed by atoms with Gasteiger partial charge in [0.05, 0.1) is 5.69 Å². The van der Waals surface area contributed by atoms with Crippen molar-refractivity contribution in [1.29, 1.82) is 0 Å². The van der Waals surface area contributed by atoms with Gasteiger partial charge in [-0.1, -0.05) is 24.3 Å². The summed E-state index contributed by atoms with van der Waals surface area (Å²) >= 11 is 0.